The van der Waals surface area contributed by atoms with Crippen molar-refractivity contribution in [2.75, 3.05) is 18.6 Å². The molecule has 1 aliphatic heterocycles. The van der Waals surface area contributed by atoms with Gasteiger partial charge in [0.1, 0.15) is 5.76 Å². The average molecular weight is 494 g/mol. The summed E-state index contributed by atoms with van der Waals surface area (Å²) in [5.74, 6) is -3.76. The summed E-state index contributed by atoms with van der Waals surface area (Å²) in [5.41, 5.74) is 2.13. The highest BCUT2D eigenvalue weighted by molar-refractivity contribution is 6.51. The SMILES string of the molecule is CCOc1cc(C2/C(=C(\O)c3cc(C)ccc3C)C(=O)C(=O)N2c2ccc(F)c(F)c2)ccc1OC. The van der Waals surface area contributed by atoms with E-state index in [1.807, 2.05) is 13.0 Å². The Bertz CT molecular complexity index is 1400. The summed E-state index contributed by atoms with van der Waals surface area (Å²) in [5, 5.41) is 11.4. The number of ether oxygens (including phenoxy) is 2. The van der Waals surface area contributed by atoms with Crippen molar-refractivity contribution in [1.29, 1.82) is 0 Å². The number of Topliss-reactive ketones (excluding diaryl/α,β-unsaturated/α-hetero) is 1. The van der Waals surface area contributed by atoms with E-state index in [-0.39, 0.29) is 17.0 Å². The van der Waals surface area contributed by atoms with Crippen LogP contribution in [0.5, 0.6) is 11.5 Å². The van der Waals surface area contributed by atoms with Crippen LogP contribution in [0.1, 0.15) is 35.2 Å². The summed E-state index contributed by atoms with van der Waals surface area (Å²) < 4.78 is 38.9. The van der Waals surface area contributed by atoms with E-state index < -0.39 is 29.4 Å². The van der Waals surface area contributed by atoms with Crippen molar-refractivity contribution < 1.29 is 33.0 Å². The standard InChI is InChI=1S/C28H25F2NO5/c1-5-36-23-13-17(8-11-22(23)35-4)25-24(26(32)19-12-15(2)6-7-16(19)3)27(33)28(34)31(25)18-9-10-20(29)21(30)14-18/h6-14,25,32H,5H2,1-4H3/b26-24+. The molecule has 0 saturated carbocycles. The Balaban J connectivity index is 2.01. The van der Waals surface area contributed by atoms with Crippen molar-refractivity contribution in [2.45, 2.75) is 26.8 Å². The Morgan fingerprint density at radius 3 is 2.39 bits per heavy atom. The van der Waals surface area contributed by atoms with Gasteiger partial charge in [0.15, 0.2) is 23.1 Å². The van der Waals surface area contributed by atoms with Crippen molar-refractivity contribution in [3.8, 4) is 11.5 Å². The van der Waals surface area contributed by atoms with E-state index in [1.165, 1.54) is 13.2 Å². The minimum atomic E-state index is -1.17. The predicted molar refractivity (Wildman–Crippen MR) is 131 cm³/mol. The van der Waals surface area contributed by atoms with Crippen LogP contribution in [0.15, 0.2) is 60.2 Å². The van der Waals surface area contributed by atoms with Gasteiger partial charge in [-0.05, 0) is 62.2 Å². The monoisotopic (exact) mass is 493 g/mol. The first-order valence-corrected chi connectivity index (χ1v) is 11.3. The molecule has 3 aromatic rings. The molecule has 1 atom stereocenters. The van der Waals surface area contributed by atoms with Crippen molar-refractivity contribution >= 4 is 23.1 Å². The number of carbonyl (C=O) groups is 2. The summed E-state index contributed by atoms with van der Waals surface area (Å²) in [7, 11) is 1.48. The number of aryl methyl sites for hydroxylation is 2. The highest BCUT2D eigenvalue weighted by Crippen LogP contribution is 2.44. The molecule has 0 bridgehead atoms. The van der Waals surface area contributed by atoms with Crippen LogP contribution >= 0.6 is 0 Å². The molecule has 1 unspecified atom stereocenters. The lowest BCUT2D eigenvalue weighted by atomic mass is 9.93. The molecule has 186 valence electrons. The number of rotatable bonds is 6. The number of methoxy groups -OCH3 is 1. The minimum Gasteiger partial charge on any atom is -0.507 e. The molecule has 1 heterocycles. The fourth-order valence-electron chi connectivity index (χ4n) is 4.32. The number of benzene rings is 3. The molecule has 8 heteroatoms. The number of carbonyl (C=O) groups excluding carboxylic acids is 2. The number of aliphatic hydroxyl groups excluding tert-OH is 1. The maximum Gasteiger partial charge on any atom is 0.300 e. The minimum absolute atomic E-state index is 0.0326. The number of hydrogen-bond donors (Lipinski definition) is 1. The summed E-state index contributed by atoms with van der Waals surface area (Å²) in [6, 6.07) is 12.0. The van der Waals surface area contributed by atoms with Crippen LogP contribution in [-0.4, -0.2) is 30.5 Å². The molecule has 0 radical (unpaired) electrons. The number of halogens is 2. The Hall–Kier alpha value is -4.20. The molecule has 0 aliphatic carbocycles. The molecule has 36 heavy (non-hydrogen) atoms. The van der Waals surface area contributed by atoms with Crippen molar-refractivity contribution in [3.05, 3.63) is 94.1 Å². The normalized spacial score (nSPS) is 16.9. The molecule has 6 nitrogen and oxygen atoms in total. The van der Waals surface area contributed by atoms with E-state index in [2.05, 4.69) is 0 Å². The van der Waals surface area contributed by atoms with Gasteiger partial charge in [-0.3, -0.25) is 14.5 Å². The fraction of sp³-hybridized carbons (Fsp3) is 0.214. The number of ketones is 1. The van der Waals surface area contributed by atoms with Gasteiger partial charge in [-0.1, -0.05) is 23.8 Å². The number of anilines is 1. The molecule has 1 fully saturated rings. The quantitative estimate of drug-likeness (QED) is 0.274. The zero-order valence-corrected chi connectivity index (χ0v) is 20.3. The van der Waals surface area contributed by atoms with Crippen LogP contribution in [0.3, 0.4) is 0 Å². The number of amides is 1. The van der Waals surface area contributed by atoms with Gasteiger partial charge in [0.05, 0.1) is 25.3 Å². The summed E-state index contributed by atoms with van der Waals surface area (Å²) >= 11 is 0. The topological polar surface area (TPSA) is 76.1 Å². The van der Waals surface area contributed by atoms with Crippen LogP contribution < -0.4 is 14.4 Å². The predicted octanol–water partition coefficient (Wildman–Crippen LogP) is 5.62. The van der Waals surface area contributed by atoms with Gasteiger partial charge in [0.2, 0.25) is 0 Å². The maximum absolute atomic E-state index is 14.2. The van der Waals surface area contributed by atoms with E-state index in [4.69, 9.17) is 9.47 Å². The molecule has 4 rings (SSSR count). The van der Waals surface area contributed by atoms with Gasteiger partial charge in [0, 0.05) is 17.3 Å². The fourth-order valence-corrected chi connectivity index (χ4v) is 4.32. The average Bonchev–Trinajstić information content (AvgIpc) is 3.12. The van der Waals surface area contributed by atoms with Crippen molar-refractivity contribution in [3.63, 3.8) is 0 Å². The molecule has 1 N–H and O–H groups in total. The lowest BCUT2D eigenvalue weighted by Crippen LogP contribution is -2.29. The third-order valence-corrected chi connectivity index (χ3v) is 6.08. The van der Waals surface area contributed by atoms with Crippen LogP contribution in [0, 0.1) is 25.5 Å². The smallest absolute Gasteiger partial charge is 0.300 e. The molecule has 1 amide bonds. The lowest BCUT2D eigenvalue weighted by molar-refractivity contribution is -0.132. The van der Waals surface area contributed by atoms with Crippen molar-refractivity contribution in [1.82, 2.24) is 0 Å². The van der Waals surface area contributed by atoms with Gasteiger partial charge in [0.25, 0.3) is 11.7 Å². The lowest BCUT2D eigenvalue weighted by Gasteiger charge is -2.26. The van der Waals surface area contributed by atoms with Gasteiger partial charge in [-0.15, -0.1) is 0 Å². The Labute approximate surface area is 207 Å². The maximum atomic E-state index is 14.2. The number of aliphatic hydroxyl groups is 1. The molecular weight excluding hydrogens is 468 g/mol. The van der Waals surface area contributed by atoms with Crippen LogP contribution in [-0.2, 0) is 9.59 Å². The third-order valence-electron chi connectivity index (χ3n) is 6.08. The van der Waals surface area contributed by atoms with Crippen LogP contribution in [0.25, 0.3) is 5.76 Å². The molecular formula is C28H25F2NO5. The first kappa shape index (κ1) is 24.9. The molecule has 1 aliphatic rings. The first-order chi connectivity index (χ1) is 17.2. The summed E-state index contributed by atoms with van der Waals surface area (Å²) in [4.78, 5) is 27.7. The Morgan fingerprint density at radius 2 is 1.72 bits per heavy atom. The zero-order chi connectivity index (χ0) is 26.1. The molecule has 0 aromatic heterocycles. The Kier molecular flexibility index (Phi) is 6.79. The van der Waals surface area contributed by atoms with Crippen molar-refractivity contribution in [2.24, 2.45) is 0 Å². The van der Waals surface area contributed by atoms with E-state index in [9.17, 15) is 23.5 Å². The molecule has 1 saturated heterocycles. The Morgan fingerprint density at radius 1 is 0.972 bits per heavy atom. The van der Waals surface area contributed by atoms with Crippen LogP contribution in [0.4, 0.5) is 14.5 Å². The number of hydrogen-bond acceptors (Lipinski definition) is 5. The number of nitrogens with zero attached hydrogens (tertiary/aromatic N) is 1. The van der Waals surface area contributed by atoms with Gasteiger partial charge in [-0.25, -0.2) is 8.78 Å². The van der Waals surface area contributed by atoms with E-state index in [0.717, 1.165) is 22.6 Å². The largest absolute Gasteiger partial charge is 0.507 e. The van der Waals surface area contributed by atoms with Gasteiger partial charge < -0.3 is 14.6 Å². The van der Waals surface area contributed by atoms with Gasteiger partial charge in [-0.2, -0.15) is 0 Å². The van der Waals surface area contributed by atoms with Gasteiger partial charge >= 0.3 is 0 Å². The highest BCUT2D eigenvalue weighted by Gasteiger charge is 2.47. The van der Waals surface area contributed by atoms with E-state index in [0.29, 0.717) is 34.8 Å². The van der Waals surface area contributed by atoms with Crippen LogP contribution in [0.2, 0.25) is 0 Å². The molecule has 0 spiro atoms. The van der Waals surface area contributed by atoms with E-state index >= 15 is 0 Å². The third kappa shape index (κ3) is 4.30. The zero-order valence-electron chi connectivity index (χ0n) is 20.3. The van der Waals surface area contributed by atoms with E-state index in [1.54, 1.807) is 44.2 Å². The second-order valence-electron chi connectivity index (χ2n) is 8.43. The summed E-state index contributed by atoms with van der Waals surface area (Å²) in [6.45, 7) is 5.73. The summed E-state index contributed by atoms with van der Waals surface area (Å²) in [6.07, 6.45) is 0. The second-order valence-corrected chi connectivity index (χ2v) is 8.43. The molecule has 3 aromatic carbocycles. The second kappa shape index (κ2) is 9.81. The first-order valence-electron chi connectivity index (χ1n) is 11.3. The highest BCUT2D eigenvalue weighted by atomic mass is 19.2.